The molecule has 102 valence electrons. The summed E-state index contributed by atoms with van der Waals surface area (Å²) in [7, 11) is 0. The van der Waals surface area contributed by atoms with Crippen molar-refractivity contribution in [3.05, 3.63) is 48.0 Å². The van der Waals surface area contributed by atoms with Crippen molar-refractivity contribution in [3.63, 3.8) is 0 Å². The summed E-state index contributed by atoms with van der Waals surface area (Å²) in [5.41, 5.74) is 1.18. The standard InChI is InChI=1S/C15H19NO3/c17-15(18)16-10-14(11-16)8-4-5-9-19-12-13-6-2-1-3-7-13/h1-4,6-8,14H,5,9-12H2,(H,17,18). The van der Waals surface area contributed by atoms with Crippen LogP contribution >= 0.6 is 0 Å². The largest absolute Gasteiger partial charge is 0.465 e. The Morgan fingerprint density at radius 2 is 2.11 bits per heavy atom. The highest BCUT2D eigenvalue weighted by atomic mass is 16.5. The maximum Gasteiger partial charge on any atom is 0.407 e. The van der Waals surface area contributed by atoms with E-state index < -0.39 is 6.09 Å². The first-order valence-electron chi connectivity index (χ1n) is 6.52. The number of nitrogens with zero attached hydrogens (tertiary/aromatic N) is 1. The second-order valence-corrected chi connectivity index (χ2v) is 4.70. The van der Waals surface area contributed by atoms with E-state index in [1.165, 1.54) is 10.5 Å². The molecule has 0 bridgehead atoms. The van der Waals surface area contributed by atoms with Crippen LogP contribution in [-0.4, -0.2) is 35.8 Å². The van der Waals surface area contributed by atoms with E-state index in [1.807, 2.05) is 30.3 Å². The second kappa shape index (κ2) is 6.95. The van der Waals surface area contributed by atoms with E-state index in [0.717, 1.165) is 6.42 Å². The van der Waals surface area contributed by atoms with Crippen LogP contribution in [0.25, 0.3) is 0 Å². The van der Waals surface area contributed by atoms with Crippen LogP contribution < -0.4 is 0 Å². The van der Waals surface area contributed by atoms with E-state index in [9.17, 15) is 4.79 Å². The summed E-state index contributed by atoms with van der Waals surface area (Å²) < 4.78 is 5.56. The molecule has 2 rings (SSSR count). The van der Waals surface area contributed by atoms with Gasteiger partial charge in [-0.15, -0.1) is 0 Å². The molecule has 4 nitrogen and oxygen atoms in total. The Kier molecular flexibility index (Phi) is 4.98. The van der Waals surface area contributed by atoms with Gasteiger partial charge in [-0.1, -0.05) is 42.5 Å². The van der Waals surface area contributed by atoms with Crippen molar-refractivity contribution in [2.45, 2.75) is 13.0 Å². The molecule has 1 aliphatic heterocycles. The first-order valence-corrected chi connectivity index (χ1v) is 6.52. The van der Waals surface area contributed by atoms with Crippen molar-refractivity contribution in [2.75, 3.05) is 19.7 Å². The van der Waals surface area contributed by atoms with Gasteiger partial charge in [-0.25, -0.2) is 4.79 Å². The molecule has 1 aromatic rings. The van der Waals surface area contributed by atoms with Crippen LogP contribution in [0.4, 0.5) is 4.79 Å². The molecular weight excluding hydrogens is 242 g/mol. The number of hydrogen-bond acceptors (Lipinski definition) is 2. The van der Waals surface area contributed by atoms with Crippen molar-refractivity contribution in [2.24, 2.45) is 5.92 Å². The Morgan fingerprint density at radius 1 is 1.37 bits per heavy atom. The summed E-state index contributed by atoms with van der Waals surface area (Å²) in [6.07, 6.45) is 4.21. The molecule has 0 unspecified atom stereocenters. The quantitative estimate of drug-likeness (QED) is 0.632. The van der Waals surface area contributed by atoms with Crippen molar-refractivity contribution in [3.8, 4) is 0 Å². The van der Waals surface area contributed by atoms with Gasteiger partial charge in [0.05, 0.1) is 13.2 Å². The fourth-order valence-corrected chi connectivity index (χ4v) is 1.99. The Labute approximate surface area is 113 Å². The Balaban J connectivity index is 1.52. The normalized spacial score (nSPS) is 15.7. The van der Waals surface area contributed by atoms with Crippen LogP contribution in [0.2, 0.25) is 0 Å². The van der Waals surface area contributed by atoms with Crippen molar-refractivity contribution in [1.82, 2.24) is 4.90 Å². The van der Waals surface area contributed by atoms with Gasteiger partial charge in [-0.2, -0.15) is 0 Å². The lowest BCUT2D eigenvalue weighted by Gasteiger charge is -2.35. The number of benzene rings is 1. The molecule has 0 radical (unpaired) electrons. The molecule has 19 heavy (non-hydrogen) atoms. The van der Waals surface area contributed by atoms with E-state index in [-0.39, 0.29) is 0 Å². The monoisotopic (exact) mass is 261 g/mol. The third kappa shape index (κ3) is 4.41. The smallest absolute Gasteiger partial charge is 0.407 e. The molecule has 1 saturated heterocycles. The highest BCUT2D eigenvalue weighted by Gasteiger charge is 2.27. The number of hydrogen-bond donors (Lipinski definition) is 1. The third-order valence-electron chi connectivity index (χ3n) is 3.13. The maximum atomic E-state index is 10.6. The predicted molar refractivity (Wildman–Crippen MR) is 72.9 cm³/mol. The number of amides is 1. The van der Waals surface area contributed by atoms with Gasteiger partial charge in [0.1, 0.15) is 0 Å². The number of carbonyl (C=O) groups is 1. The molecule has 1 fully saturated rings. The molecule has 1 amide bonds. The van der Waals surface area contributed by atoms with E-state index in [1.54, 1.807) is 0 Å². The van der Waals surface area contributed by atoms with Crippen LogP contribution in [0.15, 0.2) is 42.5 Å². The molecule has 0 aromatic heterocycles. The third-order valence-corrected chi connectivity index (χ3v) is 3.13. The maximum absolute atomic E-state index is 10.6. The molecule has 4 heteroatoms. The van der Waals surface area contributed by atoms with Crippen LogP contribution in [0, 0.1) is 5.92 Å². The summed E-state index contributed by atoms with van der Waals surface area (Å²) >= 11 is 0. The minimum atomic E-state index is -0.823. The highest BCUT2D eigenvalue weighted by Crippen LogP contribution is 2.16. The van der Waals surface area contributed by atoms with Crippen molar-refractivity contribution >= 4 is 6.09 Å². The van der Waals surface area contributed by atoms with E-state index in [0.29, 0.717) is 32.2 Å². The lowest BCUT2D eigenvalue weighted by molar-refractivity contribution is 0.0969. The van der Waals surface area contributed by atoms with Gasteiger partial charge in [0.25, 0.3) is 0 Å². The van der Waals surface area contributed by atoms with Gasteiger partial charge in [0.15, 0.2) is 0 Å². The van der Waals surface area contributed by atoms with Crippen LogP contribution in [0.5, 0.6) is 0 Å². The van der Waals surface area contributed by atoms with E-state index >= 15 is 0 Å². The zero-order valence-corrected chi connectivity index (χ0v) is 10.9. The molecular formula is C15H19NO3. The SMILES string of the molecule is O=C(O)N1CC(C=CCCOCc2ccccc2)C1. The summed E-state index contributed by atoms with van der Waals surface area (Å²) in [6, 6.07) is 10.1. The number of likely N-dealkylation sites (tertiary alicyclic amines) is 1. The fourth-order valence-electron chi connectivity index (χ4n) is 1.99. The number of ether oxygens (including phenoxy) is 1. The van der Waals surface area contributed by atoms with Gasteiger partial charge in [0, 0.05) is 19.0 Å². The average molecular weight is 261 g/mol. The van der Waals surface area contributed by atoms with Gasteiger partial charge < -0.3 is 14.7 Å². The first kappa shape index (κ1) is 13.6. The second-order valence-electron chi connectivity index (χ2n) is 4.70. The lowest BCUT2D eigenvalue weighted by atomic mass is 10.0. The number of rotatable bonds is 6. The lowest BCUT2D eigenvalue weighted by Crippen LogP contribution is -2.48. The number of carboxylic acid groups (broad SMARTS) is 1. The molecule has 1 heterocycles. The van der Waals surface area contributed by atoms with Gasteiger partial charge in [0.2, 0.25) is 0 Å². The zero-order valence-electron chi connectivity index (χ0n) is 10.9. The van der Waals surface area contributed by atoms with Crippen molar-refractivity contribution in [1.29, 1.82) is 0 Å². The Hall–Kier alpha value is -1.81. The van der Waals surface area contributed by atoms with Crippen LogP contribution in [0.1, 0.15) is 12.0 Å². The van der Waals surface area contributed by atoms with E-state index in [4.69, 9.17) is 9.84 Å². The highest BCUT2D eigenvalue weighted by molar-refractivity contribution is 5.66. The summed E-state index contributed by atoms with van der Waals surface area (Å²) in [6.45, 7) is 2.58. The molecule has 0 saturated carbocycles. The van der Waals surface area contributed by atoms with Crippen LogP contribution in [0.3, 0.4) is 0 Å². The molecule has 0 aliphatic carbocycles. The minimum Gasteiger partial charge on any atom is -0.465 e. The first-order chi connectivity index (χ1) is 9.25. The fraction of sp³-hybridized carbons (Fsp3) is 0.400. The summed E-state index contributed by atoms with van der Waals surface area (Å²) in [4.78, 5) is 12.0. The Bertz CT molecular complexity index is 424. The van der Waals surface area contributed by atoms with E-state index in [2.05, 4.69) is 12.2 Å². The minimum absolute atomic E-state index is 0.380. The predicted octanol–water partition coefficient (Wildman–Crippen LogP) is 2.76. The molecule has 1 N–H and O–H groups in total. The van der Waals surface area contributed by atoms with Gasteiger partial charge in [-0.3, -0.25) is 0 Å². The Morgan fingerprint density at radius 3 is 2.79 bits per heavy atom. The van der Waals surface area contributed by atoms with Gasteiger partial charge in [-0.05, 0) is 12.0 Å². The summed E-state index contributed by atoms with van der Waals surface area (Å²) in [5.74, 6) is 0.380. The molecule has 0 spiro atoms. The molecule has 1 aliphatic rings. The van der Waals surface area contributed by atoms with Gasteiger partial charge >= 0.3 is 6.09 Å². The average Bonchev–Trinajstić information content (AvgIpc) is 2.36. The topological polar surface area (TPSA) is 49.8 Å². The van der Waals surface area contributed by atoms with Crippen LogP contribution in [-0.2, 0) is 11.3 Å². The molecule has 1 aromatic carbocycles. The molecule has 0 atom stereocenters. The van der Waals surface area contributed by atoms with Crippen molar-refractivity contribution < 1.29 is 14.6 Å². The summed E-state index contributed by atoms with van der Waals surface area (Å²) in [5, 5.41) is 8.68. The zero-order chi connectivity index (χ0) is 13.5.